The SMILES string of the molecule is CCCOc1ccc(S(=O)(=O)N2CCCC(C(=O)O)C2)cc1-c1nc2c([nH]1)c1nncn1c(=O)n2CCC. The van der Waals surface area contributed by atoms with Crippen molar-refractivity contribution in [2.24, 2.45) is 5.92 Å². The van der Waals surface area contributed by atoms with E-state index in [9.17, 15) is 23.1 Å². The minimum atomic E-state index is -3.98. The molecule has 1 aliphatic rings. The molecule has 1 fully saturated rings. The lowest BCUT2D eigenvalue weighted by Gasteiger charge is -2.30. The lowest BCUT2D eigenvalue weighted by molar-refractivity contribution is -0.142. The van der Waals surface area contributed by atoms with Gasteiger partial charge >= 0.3 is 11.7 Å². The third-order valence-corrected chi connectivity index (χ3v) is 8.50. The molecule has 13 nitrogen and oxygen atoms in total. The second-order valence-corrected chi connectivity index (χ2v) is 11.2. The van der Waals surface area contributed by atoms with E-state index in [2.05, 4.69) is 15.2 Å². The van der Waals surface area contributed by atoms with E-state index >= 15 is 0 Å². The van der Waals surface area contributed by atoms with Crippen LogP contribution >= 0.6 is 0 Å². The van der Waals surface area contributed by atoms with Crippen LogP contribution in [0.5, 0.6) is 5.75 Å². The molecule has 0 saturated carbocycles. The number of piperidine rings is 1. The van der Waals surface area contributed by atoms with Gasteiger partial charge in [0.15, 0.2) is 11.3 Å². The number of aromatic amines is 1. The summed E-state index contributed by atoms with van der Waals surface area (Å²) in [4.78, 5) is 32.4. The molecule has 38 heavy (non-hydrogen) atoms. The van der Waals surface area contributed by atoms with Gasteiger partial charge in [0.1, 0.15) is 23.4 Å². The van der Waals surface area contributed by atoms with E-state index in [1.807, 2.05) is 13.8 Å². The van der Waals surface area contributed by atoms with Crippen molar-refractivity contribution >= 4 is 32.8 Å². The largest absolute Gasteiger partial charge is 0.493 e. The quantitative estimate of drug-likeness (QED) is 0.322. The number of fused-ring (bicyclic) bond motifs is 3. The molecule has 0 amide bonds. The molecule has 0 radical (unpaired) electrons. The summed E-state index contributed by atoms with van der Waals surface area (Å²) < 4.78 is 37.1. The number of hydrogen-bond donors (Lipinski definition) is 2. The summed E-state index contributed by atoms with van der Waals surface area (Å²) in [5.74, 6) is -1.02. The summed E-state index contributed by atoms with van der Waals surface area (Å²) in [6.07, 6.45) is 3.67. The molecule has 4 aromatic rings. The number of carboxylic acids is 1. The van der Waals surface area contributed by atoms with Crippen molar-refractivity contribution in [3.8, 4) is 17.1 Å². The fourth-order valence-electron chi connectivity index (χ4n) is 4.74. The topological polar surface area (TPSA) is 165 Å². The molecule has 2 N–H and O–H groups in total. The molecule has 0 spiro atoms. The van der Waals surface area contributed by atoms with Crippen molar-refractivity contribution in [2.45, 2.75) is 51.0 Å². The highest BCUT2D eigenvalue weighted by atomic mass is 32.2. The molecule has 1 atom stereocenters. The first kappa shape index (κ1) is 25.9. The Morgan fingerprint density at radius 2 is 2.05 bits per heavy atom. The van der Waals surface area contributed by atoms with Crippen LogP contribution < -0.4 is 10.4 Å². The van der Waals surface area contributed by atoms with Crippen LogP contribution in [0.3, 0.4) is 0 Å². The molecule has 1 unspecified atom stereocenters. The van der Waals surface area contributed by atoms with Crippen LogP contribution in [0.4, 0.5) is 0 Å². The maximum Gasteiger partial charge on any atom is 0.336 e. The summed E-state index contributed by atoms with van der Waals surface area (Å²) >= 11 is 0. The van der Waals surface area contributed by atoms with Gasteiger partial charge in [-0.15, -0.1) is 10.2 Å². The van der Waals surface area contributed by atoms with Gasteiger partial charge in [0.25, 0.3) is 0 Å². The van der Waals surface area contributed by atoms with Crippen LogP contribution in [0.2, 0.25) is 0 Å². The molecule has 1 aliphatic heterocycles. The first-order valence-corrected chi connectivity index (χ1v) is 14.0. The van der Waals surface area contributed by atoms with Gasteiger partial charge in [-0.05, 0) is 43.9 Å². The van der Waals surface area contributed by atoms with Crippen molar-refractivity contribution in [1.29, 1.82) is 0 Å². The molecule has 202 valence electrons. The summed E-state index contributed by atoms with van der Waals surface area (Å²) in [7, 11) is -3.98. The second kappa shape index (κ2) is 10.2. The third kappa shape index (κ3) is 4.43. The Morgan fingerprint density at radius 3 is 2.79 bits per heavy atom. The van der Waals surface area contributed by atoms with Gasteiger partial charge in [-0.25, -0.2) is 22.6 Å². The zero-order valence-electron chi connectivity index (χ0n) is 21.1. The summed E-state index contributed by atoms with van der Waals surface area (Å²) in [6, 6.07) is 4.52. The Kier molecular flexibility index (Phi) is 6.92. The van der Waals surface area contributed by atoms with Crippen molar-refractivity contribution in [1.82, 2.24) is 33.4 Å². The zero-order valence-corrected chi connectivity index (χ0v) is 21.9. The number of nitrogens with one attached hydrogen (secondary N) is 1. The number of ether oxygens (including phenoxy) is 1. The smallest absolute Gasteiger partial charge is 0.336 e. The van der Waals surface area contributed by atoms with Gasteiger partial charge in [-0.3, -0.25) is 9.36 Å². The van der Waals surface area contributed by atoms with E-state index in [1.54, 1.807) is 6.07 Å². The third-order valence-electron chi connectivity index (χ3n) is 6.63. The molecular formula is C24H29N7O6S. The van der Waals surface area contributed by atoms with Gasteiger partial charge in [0.05, 0.1) is 23.0 Å². The van der Waals surface area contributed by atoms with E-state index in [-0.39, 0.29) is 23.7 Å². The van der Waals surface area contributed by atoms with Crippen LogP contribution in [0, 0.1) is 5.92 Å². The van der Waals surface area contributed by atoms with E-state index in [0.717, 1.165) is 6.42 Å². The second-order valence-electron chi connectivity index (χ2n) is 9.29. The van der Waals surface area contributed by atoms with Crippen LogP contribution in [-0.2, 0) is 21.4 Å². The standard InChI is InChI=1S/C24H29N7O6S/c1-3-9-30-21-19(22-28-25-14-31(22)24(30)34)26-20(27-21)17-12-16(7-8-18(17)37-11-4-2)38(35,36)29-10-5-6-15(13-29)23(32)33/h7-8,12,14-15H,3-6,9-11,13H2,1-2H3,(H,26,27)(H,32,33). The summed E-state index contributed by atoms with van der Waals surface area (Å²) in [5, 5.41) is 17.4. The summed E-state index contributed by atoms with van der Waals surface area (Å²) in [6.45, 7) is 4.89. The van der Waals surface area contributed by atoms with Gasteiger partial charge in [0, 0.05) is 19.6 Å². The predicted molar refractivity (Wildman–Crippen MR) is 138 cm³/mol. The number of rotatable bonds is 9. The average molecular weight is 544 g/mol. The number of H-pyrrole nitrogens is 1. The average Bonchev–Trinajstić information content (AvgIpc) is 3.58. The fourth-order valence-corrected chi connectivity index (χ4v) is 6.29. The van der Waals surface area contributed by atoms with Crippen LogP contribution in [0.15, 0.2) is 34.2 Å². The molecule has 0 aliphatic carbocycles. The Balaban J connectivity index is 1.66. The number of aliphatic carboxylic acids is 1. The summed E-state index contributed by atoms with van der Waals surface area (Å²) in [5.41, 5.74) is 1.25. The number of nitrogens with zero attached hydrogens (tertiary/aromatic N) is 6. The number of imidazole rings is 1. The number of sulfonamides is 1. The molecule has 4 heterocycles. The monoisotopic (exact) mass is 543 g/mol. The molecule has 3 aromatic heterocycles. The van der Waals surface area contributed by atoms with Crippen molar-refractivity contribution in [3.63, 3.8) is 0 Å². The number of benzene rings is 1. The molecule has 5 rings (SSSR count). The van der Waals surface area contributed by atoms with Crippen molar-refractivity contribution < 1.29 is 23.1 Å². The van der Waals surface area contributed by atoms with Crippen molar-refractivity contribution in [3.05, 3.63) is 35.0 Å². The first-order chi connectivity index (χ1) is 18.3. The van der Waals surface area contributed by atoms with E-state index in [0.29, 0.717) is 66.4 Å². The van der Waals surface area contributed by atoms with Crippen LogP contribution in [0.1, 0.15) is 39.5 Å². The number of carbonyl (C=O) groups is 1. The number of aryl methyl sites for hydroxylation is 1. The van der Waals surface area contributed by atoms with Crippen molar-refractivity contribution in [2.75, 3.05) is 19.7 Å². The first-order valence-electron chi connectivity index (χ1n) is 12.6. The molecule has 0 bridgehead atoms. The maximum atomic E-state index is 13.6. The normalized spacial score (nSPS) is 16.8. The molecule has 1 aromatic carbocycles. The minimum absolute atomic E-state index is 0.00131. The maximum absolute atomic E-state index is 13.6. The van der Waals surface area contributed by atoms with E-state index in [1.165, 1.54) is 31.7 Å². The van der Waals surface area contributed by atoms with E-state index < -0.39 is 21.9 Å². The van der Waals surface area contributed by atoms with Gasteiger partial charge in [-0.2, -0.15) is 4.31 Å². The fraction of sp³-hybridized carbons (Fsp3) is 0.458. The number of aromatic nitrogens is 6. The van der Waals surface area contributed by atoms with Crippen LogP contribution in [0.25, 0.3) is 28.2 Å². The van der Waals surface area contributed by atoms with Gasteiger partial charge < -0.3 is 14.8 Å². The zero-order chi connectivity index (χ0) is 27.0. The predicted octanol–water partition coefficient (Wildman–Crippen LogP) is 2.12. The van der Waals surface area contributed by atoms with E-state index in [4.69, 9.17) is 9.72 Å². The lowest BCUT2D eigenvalue weighted by atomic mass is 10.0. The minimum Gasteiger partial charge on any atom is -0.493 e. The lowest BCUT2D eigenvalue weighted by Crippen LogP contribution is -2.42. The highest BCUT2D eigenvalue weighted by Gasteiger charge is 2.34. The van der Waals surface area contributed by atoms with Crippen LogP contribution in [-0.4, -0.2) is 72.6 Å². The molecular weight excluding hydrogens is 514 g/mol. The molecule has 1 saturated heterocycles. The van der Waals surface area contributed by atoms with Gasteiger partial charge in [-0.1, -0.05) is 13.8 Å². The molecule has 14 heteroatoms. The Labute approximate surface area is 218 Å². The Morgan fingerprint density at radius 1 is 1.24 bits per heavy atom. The van der Waals surface area contributed by atoms with Gasteiger partial charge in [0.2, 0.25) is 10.0 Å². The number of hydrogen-bond acceptors (Lipinski definition) is 8. The number of carboxylic acid groups (broad SMARTS) is 1. The highest BCUT2D eigenvalue weighted by molar-refractivity contribution is 7.89. The Bertz CT molecular complexity index is 1670. The highest BCUT2D eigenvalue weighted by Crippen LogP contribution is 2.34. The Hall–Kier alpha value is -3.78.